The van der Waals surface area contributed by atoms with E-state index in [4.69, 9.17) is 14.2 Å². The molecule has 1 aromatic heterocycles. The van der Waals surface area contributed by atoms with Gasteiger partial charge in [-0.25, -0.2) is 4.98 Å². The maximum absolute atomic E-state index is 5.52. The summed E-state index contributed by atoms with van der Waals surface area (Å²) in [5.74, 6) is 1.10. The van der Waals surface area contributed by atoms with Gasteiger partial charge in [0, 0.05) is 25.4 Å². The average molecular weight is 253 g/mol. The fraction of sp³-hybridized carbons (Fsp3) is 0.667. The van der Waals surface area contributed by atoms with Gasteiger partial charge in [0.2, 0.25) is 11.8 Å². The topological polar surface area (TPSA) is 65.5 Å². The lowest BCUT2D eigenvalue weighted by atomic mass is 10.2. The first-order valence-corrected chi connectivity index (χ1v) is 6.19. The highest BCUT2D eigenvalue weighted by atomic mass is 16.5. The number of nitrogens with zero attached hydrogens (tertiary/aromatic N) is 2. The van der Waals surface area contributed by atoms with Gasteiger partial charge in [0.1, 0.15) is 0 Å². The van der Waals surface area contributed by atoms with Gasteiger partial charge in [-0.1, -0.05) is 0 Å². The maximum Gasteiger partial charge on any atom is 0.226 e. The van der Waals surface area contributed by atoms with Gasteiger partial charge in [0.05, 0.1) is 26.4 Å². The summed E-state index contributed by atoms with van der Waals surface area (Å²) in [6, 6.07) is 1.71. The first-order chi connectivity index (χ1) is 8.88. The van der Waals surface area contributed by atoms with Gasteiger partial charge in [0.15, 0.2) is 0 Å². The van der Waals surface area contributed by atoms with E-state index in [1.54, 1.807) is 19.4 Å². The van der Waals surface area contributed by atoms with Crippen LogP contribution in [0.5, 0.6) is 5.88 Å². The Hall–Kier alpha value is -1.40. The third-order valence-electron chi connectivity index (χ3n) is 2.70. The lowest BCUT2D eigenvalue weighted by Gasteiger charge is -2.10. The fourth-order valence-electron chi connectivity index (χ4n) is 1.77. The maximum atomic E-state index is 5.52. The van der Waals surface area contributed by atoms with E-state index in [0.29, 0.717) is 31.6 Å². The third kappa shape index (κ3) is 4.12. The second-order valence-electron chi connectivity index (χ2n) is 4.06. The molecule has 0 amide bonds. The molecule has 6 heteroatoms. The Morgan fingerprint density at radius 3 is 3.28 bits per heavy atom. The monoisotopic (exact) mass is 253 g/mol. The second kappa shape index (κ2) is 7.13. The van der Waals surface area contributed by atoms with Gasteiger partial charge >= 0.3 is 0 Å². The Bertz CT molecular complexity index is 356. The van der Waals surface area contributed by atoms with Crippen LogP contribution in [0.4, 0.5) is 5.95 Å². The number of anilines is 1. The van der Waals surface area contributed by atoms with E-state index in [0.717, 1.165) is 19.4 Å². The molecule has 1 fully saturated rings. The molecule has 1 saturated heterocycles. The normalized spacial score (nSPS) is 18.8. The molecule has 6 nitrogen and oxygen atoms in total. The van der Waals surface area contributed by atoms with Crippen molar-refractivity contribution in [3.63, 3.8) is 0 Å². The Balaban J connectivity index is 1.59. The van der Waals surface area contributed by atoms with E-state index in [-0.39, 0.29) is 6.10 Å². The van der Waals surface area contributed by atoms with Crippen LogP contribution in [0.1, 0.15) is 12.8 Å². The summed E-state index contributed by atoms with van der Waals surface area (Å²) in [7, 11) is 1.58. The minimum absolute atomic E-state index is 0.276. The van der Waals surface area contributed by atoms with Gasteiger partial charge < -0.3 is 19.5 Å². The molecule has 0 spiro atoms. The van der Waals surface area contributed by atoms with Crippen molar-refractivity contribution >= 4 is 5.95 Å². The van der Waals surface area contributed by atoms with Crippen molar-refractivity contribution in [1.82, 2.24) is 9.97 Å². The van der Waals surface area contributed by atoms with E-state index in [9.17, 15) is 0 Å². The Labute approximate surface area is 107 Å². The summed E-state index contributed by atoms with van der Waals surface area (Å²) >= 11 is 0. The highest BCUT2D eigenvalue weighted by Gasteiger charge is 2.14. The van der Waals surface area contributed by atoms with Crippen molar-refractivity contribution in [1.29, 1.82) is 0 Å². The Morgan fingerprint density at radius 1 is 1.56 bits per heavy atom. The van der Waals surface area contributed by atoms with Crippen LogP contribution in [-0.2, 0) is 9.47 Å². The summed E-state index contributed by atoms with van der Waals surface area (Å²) in [6.45, 7) is 2.81. The van der Waals surface area contributed by atoms with Gasteiger partial charge in [0.25, 0.3) is 0 Å². The van der Waals surface area contributed by atoms with Crippen molar-refractivity contribution in [2.24, 2.45) is 0 Å². The van der Waals surface area contributed by atoms with E-state index in [2.05, 4.69) is 15.3 Å². The van der Waals surface area contributed by atoms with Crippen molar-refractivity contribution in [3.05, 3.63) is 12.3 Å². The van der Waals surface area contributed by atoms with Crippen LogP contribution in [-0.4, -0.2) is 49.5 Å². The van der Waals surface area contributed by atoms with E-state index in [1.807, 2.05) is 0 Å². The van der Waals surface area contributed by atoms with Crippen LogP contribution in [0.2, 0.25) is 0 Å². The molecule has 1 aromatic rings. The molecule has 0 bridgehead atoms. The summed E-state index contributed by atoms with van der Waals surface area (Å²) in [5.41, 5.74) is 0. The van der Waals surface area contributed by atoms with Crippen molar-refractivity contribution in [3.8, 4) is 5.88 Å². The molecule has 100 valence electrons. The number of rotatable bonds is 7. The lowest BCUT2D eigenvalue weighted by molar-refractivity contribution is 0.0206. The van der Waals surface area contributed by atoms with Crippen LogP contribution in [0.25, 0.3) is 0 Å². The molecule has 0 aromatic carbocycles. The Kier molecular flexibility index (Phi) is 5.16. The van der Waals surface area contributed by atoms with Gasteiger partial charge in [-0.05, 0) is 12.8 Å². The van der Waals surface area contributed by atoms with Crippen LogP contribution in [0.15, 0.2) is 12.3 Å². The molecule has 0 aliphatic carbocycles. The second-order valence-corrected chi connectivity index (χ2v) is 4.06. The molecular formula is C12H19N3O3. The first-order valence-electron chi connectivity index (χ1n) is 6.19. The molecule has 1 aliphatic rings. The zero-order valence-electron chi connectivity index (χ0n) is 10.6. The average Bonchev–Trinajstić information content (AvgIpc) is 2.92. The first kappa shape index (κ1) is 13.0. The SMILES string of the molecule is COc1ccnc(NCCOCC2CCCO2)n1. The number of methoxy groups -OCH3 is 1. The number of aromatic nitrogens is 2. The summed E-state index contributed by atoms with van der Waals surface area (Å²) in [5, 5.41) is 3.08. The van der Waals surface area contributed by atoms with E-state index in [1.165, 1.54) is 0 Å². The largest absolute Gasteiger partial charge is 0.481 e. The third-order valence-corrected chi connectivity index (χ3v) is 2.70. The van der Waals surface area contributed by atoms with E-state index >= 15 is 0 Å². The van der Waals surface area contributed by atoms with Crippen molar-refractivity contribution < 1.29 is 14.2 Å². The number of hydrogen-bond acceptors (Lipinski definition) is 6. The molecule has 0 radical (unpaired) electrons. The fourth-order valence-corrected chi connectivity index (χ4v) is 1.77. The lowest BCUT2D eigenvalue weighted by Crippen LogP contribution is -2.18. The summed E-state index contributed by atoms with van der Waals surface area (Å²) < 4.78 is 16.0. The minimum Gasteiger partial charge on any atom is -0.481 e. The Morgan fingerprint density at radius 2 is 2.50 bits per heavy atom. The number of hydrogen-bond donors (Lipinski definition) is 1. The molecule has 2 heterocycles. The number of nitrogens with one attached hydrogen (secondary N) is 1. The smallest absolute Gasteiger partial charge is 0.226 e. The molecule has 1 unspecified atom stereocenters. The standard InChI is InChI=1S/C12H19N3O3/c1-16-11-4-5-13-12(15-11)14-6-8-17-9-10-3-2-7-18-10/h4-5,10H,2-3,6-9H2,1H3,(H,13,14,15). The zero-order valence-corrected chi connectivity index (χ0v) is 10.6. The summed E-state index contributed by atoms with van der Waals surface area (Å²) in [4.78, 5) is 8.22. The van der Waals surface area contributed by atoms with Crippen LogP contribution in [0.3, 0.4) is 0 Å². The highest BCUT2D eigenvalue weighted by molar-refractivity contribution is 5.27. The predicted octanol–water partition coefficient (Wildman–Crippen LogP) is 1.09. The molecule has 18 heavy (non-hydrogen) atoms. The minimum atomic E-state index is 0.276. The van der Waals surface area contributed by atoms with Crippen LogP contribution < -0.4 is 10.1 Å². The quantitative estimate of drug-likeness (QED) is 0.734. The zero-order chi connectivity index (χ0) is 12.6. The summed E-state index contributed by atoms with van der Waals surface area (Å²) in [6.07, 6.45) is 4.18. The van der Waals surface area contributed by atoms with Gasteiger partial charge in [-0.2, -0.15) is 4.98 Å². The van der Waals surface area contributed by atoms with E-state index < -0.39 is 0 Å². The molecule has 0 saturated carbocycles. The molecule has 2 rings (SSSR count). The number of ether oxygens (including phenoxy) is 3. The molecular weight excluding hydrogens is 234 g/mol. The van der Waals surface area contributed by atoms with Crippen LogP contribution in [0, 0.1) is 0 Å². The predicted molar refractivity (Wildman–Crippen MR) is 66.9 cm³/mol. The van der Waals surface area contributed by atoms with Crippen molar-refractivity contribution in [2.75, 3.05) is 38.8 Å². The molecule has 1 aliphatic heterocycles. The van der Waals surface area contributed by atoms with Gasteiger partial charge in [-0.15, -0.1) is 0 Å². The van der Waals surface area contributed by atoms with Gasteiger partial charge in [-0.3, -0.25) is 0 Å². The highest BCUT2D eigenvalue weighted by Crippen LogP contribution is 2.11. The van der Waals surface area contributed by atoms with Crippen LogP contribution >= 0.6 is 0 Å². The van der Waals surface area contributed by atoms with Crippen molar-refractivity contribution in [2.45, 2.75) is 18.9 Å². The molecule has 1 N–H and O–H groups in total. The molecule has 1 atom stereocenters.